The van der Waals surface area contributed by atoms with E-state index >= 15 is 0 Å². The van der Waals surface area contributed by atoms with Gasteiger partial charge in [-0.2, -0.15) is 0 Å². The topological polar surface area (TPSA) is 18.5 Å². The zero-order valence-corrected chi connectivity index (χ0v) is 7.46. The Morgan fingerprint density at radius 3 is 1.64 bits per heavy atom. The lowest BCUT2D eigenvalue weighted by Crippen LogP contribution is -2.28. The van der Waals surface area contributed by atoms with Gasteiger partial charge < -0.3 is 9.47 Å². The van der Waals surface area contributed by atoms with Gasteiger partial charge in [0.25, 0.3) is 0 Å². The van der Waals surface area contributed by atoms with Crippen molar-refractivity contribution in [2.75, 3.05) is 0 Å². The van der Waals surface area contributed by atoms with Crippen LogP contribution in [0.2, 0.25) is 0 Å². The Morgan fingerprint density at radius 2 is 1.45 bits per heavy atom. The Hall–Kier alpha value is -0.920. The maximum atomic E-state index is 5.12. The van der Waals surface area contributed by atoms with E-state index in [1.807, 2.05) is 20.8 Å². The molecular formula is C9H16O2. The van der Waals surface area contributed by atoms with E-state index in [-0.39, 0.29) is 11.7 Å². The molecule has 2 heteroatoms. The van der Waals surface area contributed by atoms with Crippen molar-refractivity contribution in [3.63, 3.8) is 0 Å². The van der Waals surface area contributed by atoms with Crippen LogP contribution in [0.1, 0.15) is 20.8 Å². The van der Waals surface area contributed by atoms with E-state index in [0.717, 1.165) is 0 Å². The van der Waals surface area contributed by atoms with Crippen molar-refractivity contribution in [1.82, 2.24) is 0 Å². The van der Waals surface area contributed by atoms with Gasteiger partial charge in [0.15, 0.2) is 0 Å². The third kappa shape index (κ3) is 3.71. The van der Waals surface area contributed by atoms with Gasteiger partial charge in [-0.15, -0.1) is 0 Å². The van der Waals surface area contributed by atoms with Crippen molar-refractivity contribution in [2.24, 2.45) is 5.41 Å². The molecule has 0 saturated carbocycles. The van der Waals surface area contributed by atoms with Gasteiger partial charge in [0.1, 0.15) is 0 Å². The van der Waals surface area contributed by atoms with Crippen molar-refractivity contribution in [3.05, 3.63) is 25.7 Å². The van der Waals surface area contributed by atoms with E-state index in [2.05, 4.69) is 13.2 Å². The molecule has 0 aliphatic rings. The molecule has 0 unspecified atom stereocenters. The predicted octanol–water partition coefficient (Wildman–Crippen LogP) is 2.68. The second kappa shape index (κ2) is 4.06. The molecule has 0 aromatic rings. The van der Waals surface area contributed by atoms with Gasteiger partial charge >= 0.3 is 0 Å². The third-order valence-corrected chi connectivity index (χ3v) is 1.15. The summed E-state index contributed by atoms with van der Waals surface area (Å²) in [5.41, 5.74) is -0.0671. The molecule has 0 aromatic carbocycles. The summed E-state index contributed by atoms with van der Waals surface area (Å²) in [6.07, 6.45) is 2.44. The minimum Gasteiger partial charge on any atom is -0.463 e. The van der Waals surface area contributed by atoms with E-state index in [9.17, 15) is 0 Å². The predicted molar refractivity (Wildman–Crippen MR) is 45.8 cm³/mol. The molecule has 11 heavy (non-hydrogen) atoms. The highest BCUT2D eigenvalue weighted by Crippen LogP contribution is 2.23. The van der Waals surface area contributed by atoms with Crippen LogP contribution in [0, 0.1) is 5.41 Å². The fourth-order valence-electron chi connectivity index (χ4n) is 0.615. The van der Waals surface area contributed by atoms with Crippen molar-refractivity contribution in [2.45, 2.75) is 27.1 Å². The average Bonchev–Trinajstić information content (AvgIpc) is 1.85. The fourth-order valence-corrected chi connectivity index (χ4v) is 0.615. The van der Waals surface area contributed by atoms with Crippen LogP contribution < -0.4 is 0 Å². The first kappa shape index (κ1) is 10.1. The highest BCUT2D eigenvalue weighted by Gasteiger charge is 2.25. The van der Waals surface area contributed by atoms with Crippen molar-refractivity contribution in [3.8, 4) is 0 Å². The lowest BCUT2D eigenvalue weighted by molar-refractivity contribution is -0.127. The Balaban J connectivity index is 4.08. The van der Waals surface area contributed by atoms with E-state index in [1.54, 1.807) is 0 Å². The summed E-state index contributed by atoms with van der Waals surface area (Å²) >= 11 is 0. The quantitative estimate of drug-likeness (QED) is 0.460. The zero-order chi connectivity index (χ0) is 8.91. The molecule has 0 aliphatic carbocycles. The highest BCUT2D eigenvalue weighted by molar-refractivity contribution is 4.71. The summed E-state index contributed by atoms with van der Waals surface area (Å²) in [6.45, 7) is 13.0. The van der Waals surface area contributed by atoms with Crippen LogP contribution >= 0.6 is 0 Å². The molecule has 0 amide bonds. The van der Waals surface area contributed by atoms with Gasteiger partial charge in [-0.3, -0.25) is 0 Å². The van der Waals surface area contributed by atoms with E-state index in [1.165, 1.54) is 12.5 Å². The number of hydrogen-bond donors (Lipinski definition) is 0. The lowest BCUT2D eigenvalue weighted by atomic mass is 9.96. The van der Waals surface area contributed by atoms with Crippen LogP contribution in [0.4, 0.5) is 0 Å². The molecule has 0 bridgehead atoms. The smallest absolute Gasteiger partial charge is 0.243 e. The van der Waals surface area contributed by atoms with Crippen LogP contribution in [0.15, 0.2) is 25.7 Å². The van der Waals surface area contributed by atoms with Gasteiger partial charge in [0, 0.05) is 5.41 Å². The van der Waals surface area contributed by atoms with Gasteiger partial charge in [0.05, 0.1) is 12.5 Å². The zero-order valence-electron chi connectivity index (χ0n) is 7.46. The van der Waals surface area contributed by atoms with Crippen LogP contribution in [-0.2, 0) is 9.47 Å². The minimum absolute atomic E-state index is 0.0671. The maximum absolute atomic E-state index is 5.12. The summed E-state index contributed by atoms with van der Waals surface area (Å²) in [5.74, 6) is 0. The van der Waals surface area contributed by atoms with E-state index in [4.69, 9.17) is 9.47 Å². The highest BCUT2D eigenvalue weighted by atomic mass is 16.7. The molecule has 0 radical (unpaired) electrons. The molecule has 0 aromatic heterocycles. The Bertz CT molecular complexity index is 123. The molecule has 0 atom stereocenters. The first-order chi connectivity index (χ1) is 5.02. The molecule has 0 saturated heterocycles. The molecule has 2 nitrogen and oxygen atoms in total. The van der Waals surface area contributed by atoms with Crippen LogP contribution in [0.3, 0.4) is 0 Å². The van der Waals surface area contributed by atoms with Gasteiger partial charge in [-0.05, 0) is 0 Å². The maximum Gasteiger partial charge on any atom is 0.243 e. The first-order valence-electron chi connectivity index (χ1n) is 3.55. The molecular weight excluding hydrogens is 140 g/mol. The lowest BCUT2D eigenvalue weighted by Gasteiger charge is -2.28. The monoisotopic (exact) mass is 156 g/mol. The van der Waals surface area contributed by atoms with Crippen LogP contribution in [0.25, 0.3) is 0 Å². The Morgan fingerprint density at radius 1 is 1.09 bits per heavy atom. The summed E-state index contributed by atoms with van der Waals surface area (Å²) < 4.78 is 10.2. The second-order valence-corrected chi connectivity index (χ2v) is 3.30. The molecule has 0 heterocycles. The van der Waals surface area contributed by atoms with Crippen molar-refractivity contribution >= 4 is 0 Å². The fraction of sp³-hybridized carbons (Fsp3) is 0.556. The average molecular weight is 156 g/mol. The molecule has 0 spiro atoms. The summed E-state index contributed by atoms with van der Waals surface area (Å²) in [6, 6.07) is 0. The molecule has 0 aliphatic heterocycles. The van der Waals surface area contributed by atoms with Gasteiger partial charge in [-0.25, -0.2) is 0 Å². The van der Waals surface area contributed by atoms with Crippen LogP contribution in [0.5, 0.6) is 0 Å². The normalized spacial score (nSPS) is 10.9. The third-order valence-electron chi connectivity index (χ3n) is 1.15. The SMILES string of the molecule is C=COC(OC=C)C(C)(C)C. The first-order valence-corrected chi connectivity index (χ1v) is 3.55. The molecule has 0 fully saturated rings. The van der Waals surface area contributed by atoms with Crippen LogP contribution in [-0.4, -0.2) is 6.29 Å². The van der Waals surface area contributed by atoms with E-state index in [0.29, 0.717) is 0 Å². The largest absolute Gasteiger partial charge is 0.463 e. The summed E-state index contributed by atoms with van der Waals surface area (Å²) in [7, 11) is 0. The molecule has 0 N–H and O–H groups in total. The number of rotatable bonds is 4. The van der Waals surface area contributed by atoms with Crippen molar-refractivity contribution < 1.29 is 9.47 Å². The van der Waals surface area contributed by atoms with Crippen molar-refractivity contribution in [1.29, 1.82) is 0 Å². The van der Waals surface area contributed by atoms with Gasteiger partial charge in [-0.1, -0.05) is 33.9 Å². The molecule has 0 rings (SSSR count). The standard InChI is InChI=1S/C9H16O2/c1-6-10-8(11-7-2)9(3,4)5/h6-8H,1-2H2,3-5H3. The number of hydrogen-bond acceptors (Lipinski definition) is 2. The Labute approximate surface area is 68.5 Å². The molecule has 64 valence electrons. The Kier molecular flexibility index (Phi) is 3.72. The second-order valence-electron chi connectivity index (χ2n) is 3.30. The number of ether oxygens (including phenoxy) is 2. The minimum atomic E-state index is -0.308. The summed E-state index contributed by atoms with van der Waals surface area (Å²) in [4.78, 5) is 0. The van der Waals surface area contributed by atoms with Gasteiger partial charge in [0.2, 0.25) is 6.29 Å². The summed E-state index contributed by atoms with van der Waals surface area (Å²) in [5, 5.41) is 0. The van der Waals surface area contributed by atoms with E-state index < -0.39 is 0 Å².